The van der Waals surface area contributed by atoms with E-state index in [1.807, 2.05) is 0 Å². The molecule has 0 bridgehead atoms. The van der Waals surface area contributed by atoms with Crippen LogP contribution in [-0.4, -0.2) is 38.3 Å². The van der Waals surface area contributed by atoms with Gasteiger partial charge >= 0.3 is 0 Å². The van der Waals surface area contributed by atoms with Crippen molar-refractivity contribution in [1.82, 2.24) is 20.0 Å². The van der Waals surface area contributed by atoms with Crippen molar-refractivity contribution in [2.75, 3.05) is 11.4 Å². The van der Waals surface area contributed by atoms with Gasteiger partial charge in [-0.3, -0.25) is 14.5 Å². The molecule has 1 aliphatic carbocycles. The van der Waals surface area contributed by atoms with Crippen LogP contribution in [0.5, 0.6) is 0 Å². The van der Waals surface area contributed by atoms with Crippen molar-refractivity contribution in [3.8, 4) is 0 Å². The minimum atomic E-state index is -0.680. The van der Waals surface area contributed by atoms with E-state index in [0.29, 0.717) is 23.6 Å². The van der Waals surface area contributed by atoms with E-state index in [1.54, 1.807) is 20.0 Å². The minimum Gasteiger partial charge on any atom is -0.364 e. The molecule has 0 unspecified atom stereocenters. The first-order valence-electron chi connectivity index (χ1n) is 8.06. The Balaban J connectivity index is 1.65. The molecule has 2 aromatic rings. The number of hydrogen-bond acceptors (Lipinski definition) is 5. The van der Waals surface area contributed by atoms with Gasteiger partial charge in [-0.15, -0.1) is 5.10 Å². The fraction of sp³-hybridized carbons (Fsp3) is 0.438. The van der Waals surface area contributed by atoms with E-state index in [2.05, 4.69) is 15.3 Å². The molecule has 4 rings (SSSR count). The van der Waals surface area contributed by atoms with E-state index < -0.39 is 11.7 Å². The van der Waals surface area contributed by atoms with Crippen molar-refractivity contribution in [2.24, 2.45) is 17.6 Å². The predicted octanol–water partition coefficient (Wildman–Crippen LogP) is 0.812. The second kappa shape index (κ2) is 5.33. The van der Waals surface area contributed by atoms with Gasteiger partial charge in [0.15, 0.2) is 17.3 Å². The first-order chi connectivity index (χ1) is 11.9. The summed E-state index contributed by atoms with van der Waals surface area (Å²) in [5, 5.41) is 7.55. The van der Waals surface area contributed by atoms with E-state index in [-0.39, 0.29) is 29.4 Å². The number of primary amides is 1. The first-order valence-corrected chi connectivity index (χ1v) is 8.06. The molecule has 0 spiro atoms. The van der Waals surface area contributed by atoms with Crippen molar-refractivity contribution in [3.05, 3.63) is 35.0 Å². The Morgan fingerprint density at radius 3 is 2.84 bits per heavy atom. The minimum absolute atomic E-state index is 0.0384. The quantitative estimate of drug-likeness (QED) is 0.883. The average molecular weight is 344 g/mol. The molecule has 2 amide bonds. The summed E-state index contributed by atoms with van der Waals surface area (Å²) in [6, 6.07) is -0.390. The van der Waals surface area contributed by atoms with Crippen LogP contribution in [0.3, 0.4) is 0 Å². The Bertz CT molecular complexity index is 895. The Kier molecular flexibility index (Phi) is 3.34. The van der Waals surface area contributed by atoms with Gasteiger partial charge < -0.3 is 5.73 Å². The zero-order valence-electron chi connectivity index (χ0n) is 13.8. The van der Waals surface area contributed by atoms with Crippen LogP contribution in [0.25, 0.3) is 0 Å². The highest BCUT2D eigenvalue weighted by Gasteiger charge is 2.53. The van der Waals surface area contributed by atoms with Crippen molar-refractivity contribution in [3.63, 3.8) is 0 Å². The molecule has 3 heterocycles. The number of pyridine rings is 1. The van der Waals surface area contributed by atoms with Crippen molar-refractivity contribution in [1.29, 1.82) is 0 Å². The number of carbonyl (C=O) groups is 2. The van der Waals surface area contributed by atoms with Gasteiger partial charge in [0.05, 0.1) is 12.2 Å². The Labute approximate surface area is 142 Å². The Morgan fingerprint density at radius 2 is 2.24 bits per heavy atom. The van der Waals surface area contributed by atoms with Gasteiger partial charge in [0.25, 0.3) is 5.91 Å². The fourth-order valence-electron chi connectivity index (χ4n) is 3.38. The zero-order valence-corrected chi connectivity index (χ0v) is 13.8. The van der Waals surface area contributed by atoms with Crippen LogP contribution in [0.1, 0.15) is 41.0 Å². The lowest BCUT2D eigenvalue weighted by Crippen LogP contribution is -2.30. The van der Waals surface area contributed by atoms with E-state index in [1.165, 1.54) is 15.8 Å². The van der Waals surface area contributed by atoms with Gasteiger partial charge in [0.1, 0.15) is 0 Å². The maximum atomic E-state index is 14.9. The average Bonchev–Trinajstić information content (AvgIpc) is 3.03. The van der Waals surface area contributed by atoms with Gasteiger partial charge in [-0.2, -0.15) is 0 Å². The molecule has 3 atom stereocenters. The van der Waals surface area contributed by atoms with Crippen molar-refractivity contribution >= 4 is 17.6 Å². The summed E-state index contributed by atoms with van der Waals surface area (Å²) in [5.41, 5.74) is 6.20. The summed E-state index contributed by atoms with van der Waals surface area (Å²) in [6.45, 7) is 3.96. The van der Waals surface area contributed by atoms with Gasteiger partial charge in [-0.05, 0) is 31.7 Å². The van der Waals surface area contributed by atoms with Crippen LogP contribution >= 0.6 is 0 Å². The number of amides is 2. The summed E-state index contributed by atoms with van der Waals surface area (Å²) in [6.07, 6.45) is 3.86. The number of anilines is 1. The summed E-state index contributed by atoms with van der Waals surface area (Å²) >= 11 is 0. The topological polar surface area (TPSA) is 107 Å². The van der Waals surface area contributed by atoms with Gasteiger partial charge in [-0.25, -0.2) is 14.1 Å². The molecule has 1 aliphatic heterocycles. The van der Waals surface area contributed by atoms with Crippen LogP contribution in [-0.2, 0) is 4.79 Å². The maximum absolute atomic E-state index is 14.9. The second-order valence-electron chi connectivity index (χ2n) is 6.65. The predicted molar refractivity (Wildman–Crippen MR) is 85.2 cm³/mol. The molecule has 2 N–H and O–H groups in total. The molecule has 0 aromatic carbocycles. The summed E-state index contributed by atoms with van der Waals surface area (Å²) in [5.74, 6) is -0.756. The molecular formula is C16H17FN6O2. The monoisotopic (exact) mass is 344 g/mol. The Morgan fingerprint density at radius 1 is 1.48 bits per heavy atom. The lowest BCUT2D eigenvalue weighted by atomic mass is 10.0. The number of halogens is 1. The number of aromatic nitrogens is 4. The standard InChI is InChI=1S/C16H17FN6O2/c1-7-11(8(2)23-6-12(14(18)24)20-21-23)4-19-15(13(7)17)22-5-9-3-10(9)16(22)25/h4,6,8-10H,3,5H2,1-2H3,(H2,18,24)/t8-,9-,10-/m1/s1. The van der Waals surface area contributed by atoms with E-state index in [9.17, 15) is 14.0 Å². The Hall–Kier alpha value is -2.84. The summed E-state index contributed by atoms with van der Waals surface area (Å²) < 4.78 is 16.3. The van der Waals surface area contributed by atoms with E-state index in [4.69, 9.17) is 5.73 Å². The van der Waals surface area contributed by atoms with E-state index >= 15 is 0 Å². The summed E-state index contributed by atoms with van der Waals surface area (Å²) in [4.78, 5) is 28.9. The second-order valence-corrected chi connectivity index (χ2v) is 6.65. The normalized spacial score (nSPS) is 22.8. The van der Waals surface area contributed by atoms with E-state index in [0.717, 1.165) is 6.42 Å². The van der Waals surface area contributed by atoms with Crippen molar-refractivity contribution in [2.45, 2.75) is 26.3 Å². The molecule has 9 heteroatoms. The zero-order chi connectivity index (χ0) is 17.9. The lowest BCUT2D eigenvalue weighted by molar-refractivity contribution is -0.118. The third-order valence-corrected chi connectivity index (χ3v) is 5.07. The fourth-order valence-corrected chi connectivity index (χ4v) is 3.38. The molecular weight excluding hydrogens is 327 g/mol. The van der Waals surface area contributed by atoms with Crippen LogP contribution in [0.2, 0.25) is 0 Å². The molecule has 25 heavy (non-hydrogen) atoms. The molecule has 2 fully saturated rings. The first kappa shape index (κ1) is 15.7. The number of carbonyl (C=O) groups excluding carboxylic acids is 2. The highest BCUT2D eigenvalue weighted by molar-refractivity contribution is 5.99. The third kappa shape index (κ3) is 2.38. The molecule has 2 aromatic heterocycles. The smallest absolute Gasteiger partial charge is 0.270 e. The van der Waals surface area contributed by atoms with Crippen LogP contribution < -0.4 is 10.6 Å². The molecule has 1 saturated carbocycles. The SMILES string of the molecule is Cc1c([C@@H](C)n2cc(C(N)=O)nn2)cnc(N2C[C@H]3C[C@H]3C2=O)c1F. The van der Waals surface area contributed by atoms with Crippen LogP contribution in [0.15, 0.2) is 12.4 Å². The number of hydrogen-bond donors (Lipinski definition) is 1. The largest absolute Gasteiger partial charge is 0.364 e. The van der Waals surface area contributed by atoms with Crippen LogP contribution in [0.4, 0.5) is 10.2 Å². The number of rotatable bonds is 4. The number of nitrogens with two attached hydrogens (primary N) is 1. The number of nitrogens with zero attached hydrogens (tertiary/aromatic N) is 5. The highest BCUT2D eigenvalue weighted by atomic mass is 19.1. The highest BCUT2D eigenvalue weighted by Crippen LogP contribution is 2.47. The summed E-state index contributed by atoms with van der Waals surface area (Å²) in [7, 11) is 0. The van der Waals surface area contributed by atoms with Crippen LogP contribution in [0, 0.1) is 24.6 Å². The van der Waals surface area contributed by atoms with Gasteiger partial charge in [0.2, 0.25) is 5.91 Å². The maximum Gasteiger partial charge on any atom is 0.270 e. The molecule has 0 radical (unpaired) electrons. The van der Waals surface area contributed by atoms with Crippen molar-refractivity contribution < 1.29 is 14.0 Å². The third-order valence-electron chi connectivity index (χ3n) is 5.07. The number of piperidine rings is 1. The molecule has 130 valence electrons. The lowest BCUT2D eigenvalue weighted by Gasteiger charge is -2.21. The number of fused-ring (bicyclic) bond motifs is 1. The van der Waals surface area contributed by atoms with Gasteiger partial charge in [0, 0.05) is 24.2 Å². The molecule has 1 saturated heterocycles. The molecule has 2 aliphatic rings. The molecule has 8 nitrogen and oxygen atoms in total. The van der Waals surface area contributed by atoms with Gasteiger partial charge in [-0.1, -0.05) is 5.21 Å².